The second kappa shape index (κ2) is 8.50. The number of rotatable bonds is 6. The Morgan fingerprint density at radius 2 is 1.33 bits per heavy atom. The zero-order valence-corrected chi connectivity index (χ0v) is 17.3. The molecule has 0 radical (unpaired) electrons. The van der Waals surface area contributed by atoms with Gasteiger partial charge in [-0.3, -0.25) is 9.59 Å². The first-order valence-corrected chi connectivity index (χ1v) is 10.2. The summed E-state index contributed by atoms with van der Waals surface area (Å²) in [5, 5.41) is 0. The standard InChI is InChI=1S/C27H25NO2/c1-19-24(20(2)29)25(22-14-8-4-9-15-22)26(27(30)23-16-10-5-11-17-23)28(19)18-21-12-6-3-7-13-21/h3-17,25-26H,18H2,1-2H3. The Hall–Kier alpha value is -3.46. The van der Waals surface area contributed by atoms with Crippen LogP contribution in [0, 0.1) is 0 Å². The normalized spacial score (nSPS) is 18.5. The first-order valence-electron chi connectivity index (χ1n) is 10.2. The Labute approximate surface area is 177 Å². The van der Waals surface area contributed by atoms with Crippen molar-refractivity contribution in [1.29, 1.82) is 0 Å². The zero-order valence-electron chi connectivity index (χ0n) is 17.3. The maximum atomic E-state index is 13.8. The van der Waals surface area contributed by atoms with E-state index in [1.165, 1.54) is 0 Å². The number of carbonyl (C=O) groups is 2. The van der Waals surface area contributed by atoms with Crippen molar-refractivity contribution in [3.8, 4) is 0 Å². The Morgan fingerprint density at radius 3 is 1.90 bits per heavy atom. The van der Waals surface area contributed by atoms with Gasteiger partial charge < -0.3 is 4.90 Å². The molecule has 0 bridgehead atoms. The van der Waals surface area contributed by atoms with Gasteiger partial charge >= 0.3 is 0 Å². The van der Waals surface area contributed by atoms with Crippen LogP contribution >= 0.6 is 0 Å². The third-order valence-corrected chi connectivity index (χ3v) is 5.84. The van der Waals surface area contributed by atoms with Crippen LogP contribution in [0.4, 0.5) is 0 Å². The van der Waals surface area contributed by atoms with Crippen LogP contribution in [0.3, 0.4) is 0 Å². The monoisotopic (exact) mass is 395 g/mol. The summed E-state index contributed by atoms with van der Waals surface area (Å²) in [6.45, 7) is 4.15. The highest BCUT2D eigenvalue weighted by atomic mass is 16.1. The fourth-order valence-corrected chi connectivity index (χ4v) is 4.47. The van der Waals surface area contributed by atoms with Gasteiger partial charge in [0.15, 0.2) is 11.6 Å². The van der Waals surface area contributed by atoms with E-state index in [0.717, 1.165) is 22.4 Å². The van der Waals surface area contributed by atoms with Crippen molar-refractivity contribution in [3.05, 3.63) is 119 Å². The topological polar surface area (TPSA) is 37.4 Å². The molecule has 0 aliphatic carbocycles. The molecule has 1 aliphatic rings. The average Bonchev–Trinajstić information content (AvgIpc) is 3.07. The summed E-state index contributed by atoms with van der Waals surface area (Å²) in [7, 11) is 0. The minimum absolute atomic E-state index is 0.0165. The van der Waals surface area contributed by atoms with Crippen molar-refractivity contribution in [2.24, 2.45) is 0 Å². The summed E-state index contributed by atoms with van der Waals surface area (Å²) < 4.78 is 0. The van der Waals surface area contributed by atoms with E-state index in [4.69, 9.17) is 0 Å². The second-order valence-electron chi connectivity index (χ2n) is 7.73. The molecule has 0 saturated heterocycles. The molecule has 2 unspecified atom stereocenters. The van der Waals surface area contributed by atoms with Crippen molar-refractivity contribution < 1.29 is 9.59 Å². The van der Waals surface area contributed by atoms with Crippen LogP contribution in [-0.4, -0.2) is 22.5 Å². The van der Waals surface area contributed by atoms with Crippen LogP contribution in [0.25, 0.3) is 0 Å². The number of allylic oxidation sites excluding steroid dienone is 1. The van der Waals surface area contributed by atoms with Crippen molar-refractivity contribution in [1.82, 2.24) is 4.90 Å². The van der Waals surface area contributed by atoms with Crippen LogP contribution in [0.5, 0.6) is 0 Å². The predicted molar refractivity (Wildman–Crippen MR) is 119 cm³/mol. The summed E-state index contributed by atoms with van der Waals surface area (Å²) in [6.07, 6.45) is 0. The summed E-state index contributed by atoms with van der Waals surface area (Å²) >= 11 is 0. The maximum absolute atomic E-state index is 13.8. The van der Waals surface area contributed by atoms with E-state index in [-0.39, 0.29) is 17.5 Å². The zero-order chi connectivity index (χ0) is 21.1. The molecule has 150 valence electrons. The van der Waals surface area contributed by atoms with E-state index in [2.05, 4.69) is 17.0 Å². The lowest BCUT2D eigenvalue weighted by Gasteiger charge is -2.31. The molecule has 1 heterocycles. The Bertz CT molecular complexity index is 1070. The molecular formula is C27H25NO2. The summed E-state index contributed by atoms with van der Waals surface area (Å²) in [4.78, 5) is 28.6. The van der Waals surface area contributed by atoms with E-state index < -0.39 is 6.04 Å². The predicted octanol–water partition coefficient (Wildman–Crippen LogP) is 5.40. The van der Waals surface area contributed by atoms with Crippen LogP contribution in [-0.2, 0) is 11.3 Å². The van der Waals surface area contributed by atoms with Gasteiger partial charge in [-0.1, -0.05) is 91.0 Å². The molecule has 2 atom stereocenters. The minimum atomic E-state index is -0.464. The van der Waals surface area contributed by atoms with Gasteiger partial charge in [-0.15, -0.1) is 0 Å². The van der Waals surface area contributed by atoms with Crippen LogP contribution in [0.2, 0.25) is 0 Å². The van der Waals surface area contributed by atoms with Crippen LogP contribution < -0.4 is 0 Å². The van der Waals surface area contributed by atoms with Crippen molar-refractivity contribution in [3.63, 3.8) is 0 Å². The number of benzene rings is 3. The highest BCUT2D eigenvalue weighted by molar-refractivity contribution is 6.05. The number of ketones is 2. The smallest absolute Gasteiger partial charge is 0.186 e. The number of nitrogens with zero attached hydrogens (tertiary/aromatic N) is 1. The fraction of sp³-hybridized carbons (Fsp3) is 0.185. The lowest BCUT2D eigenvalue weighted by molar-refractivity contribution is -0.113. The van der Waals surface area contributed by atoms with Gasteiger partial charge in [-0.2, -0.15) is 0 Å². The molecule has 3 aromatic rings. The van der Waals surface area contributed by atoms with Crippen molar-refractivity contribution in [2.75, 3.05) is 0 Å². The Morgan fingerprint density at radius 1 is 0.800 bits per heavy atom. The minimum Gasteiger partial charge on any atom is -0.359 e. The lowest BCUT2D eigenvalue weighted by Crippen LogP contribution is -2.39. The molecule has 3 heteroatoms. The molecule has 0 saturated carbocycles. The summed E-state index contributed by atoms with van der Waals surface area (Å²) in [5.74, 6) is -0.237. The van der Waals surface area contributed by atoms with Crippen LogP contribution in [0.1, 0.15) is 41.3 Å². The number of hydrogen-bond donors (Lipinski definition) is 0. The van der Waals surface area contributed by atoms with Gasteiger partial charge in [-0.25, -0.2) is 0 Å². The van der Waals surface area contributed by atoms with Gasteiger partial charge in [0, 0.05) is 29.3 Å². The Kier molecular flexibility index (Phi) is 5.62. The molecule has 0 spiro atoms. The Balaban J connectivity index is 1.85. The largest absolute Gasteiger partial charge is 0.359 e. The van der Waals surface area contributed by atoms with E-state index in [9.17, 15) is 9.59 Å². The van der Waals surface area contributed by atoms with Crippen LogP contribution in [0.15, 0.2) is 102 Å². The fourth-order valence-electron chi connectivity index (χ4n) is 4.47. The molecule has 0 N–H and O–H groups in total. The molecule has 3 aromatic carbocycles. The van der Waals surface area contributed by atoms with E-state index in [1.807, 2.05) is 85.8 Å². The van der Waals surface area contributed by atoms with E-state index in [0.29, 0.717) is 12.1 Å². The number of carbonyl (C=O) groups excluding carboxylic acids is 2. The van der Waals surface area contributed by atoms with Gasteiger partial charge in [-0.05, 0) is 25.0 Å². The molecule has 30 heavy (non-hydrogen) atoms. The van der Waals surface area contributed by atoms with Gasteiger partial charge in [0.1, 0.15) is 6.04 Å². The number of Topliss-reactive ketones (excluding diaryl/α,β-unsaturated/α-hetero) is 2. The average molecular weight is 396 g/mol. The number of hydrogen-bond acceptors (Lipinski definition) is 3. The van der Waals surface area contributed by atoms with Gasteiger partial charge in [0.2, 0.25) is 0 Å². The molecule has 0 aromatic heterocycles. The molecule has 1 aliphatic heterocycles. The molecule has 0 fully saturated rings. The second-order valence-corrected chi connectivity index (χ2v) is 7.73. The molecule has 4 rings (SSSR count). The first kappa shape index (κ1) is 19.8. The van der Waals surface area contributed by atoms with Crippen molar-refractivity contribution in [2.45, 2.75) is 32.4 Å². The third kappa shape index (κ3) is 3.71. The molecule has 0 amide bonds. The summed E-state index contributed by atoms with van der Waals surface area (Å²) in [6, 6.07) is 28.9. The molecular weight excluding hydrogens is 370 g/mol. The SMILES string of the molecule is CC(=O)C1=C(C)N(Cc2ccccc2)C(C(=O)c2ccccc2)C1c1ccccc1. The van der Waals surface area contributed by atoms with Crippen molar-refractivity contribution >= 4 is 11.6 Å². The van der Waals surface area contributed by atoms with Gasteiger partial charge in [0.05, 0.1) is 0 Å². The quantitative estimate of drug-likeness (QED) is 0.525. The third-order valence-electron chi connectivity index (χ3n) is 5.84. The highest BCUT2D eigenvalue weighted by Crippen LogP contribution is 2.43. The van der Waals surface area contributed by atoms with E-state index in [1.54, 1.807) is 6.92 Å². The maximum Gasteiger partial charge on any atom is 0.186 e. The highest BCUT2D eigenvalue weighted by Gasteiger charge is 2.45. The first-order chi connectivity index (χ1) is 14.6. The van der Waals surface area contributed by atoms with Gasteiger partial charge in [0.25, 0.3) is 0 Å². The van der Waals surface area contributed by atoms with E-state index >= 15 is 0 Å². The summed E-state index contributed by atoms with van der Waals surface area (Å²) in [5.41, 5.74) is 4.38. The molecule has 3 nitrogen and oxygen atoms in total. The lowest BCUT2D eigenvalue weighted by atomic mass is 9.82.